The van der Waals surface area contributed by atoms with Crippen LogP contribution in [0.5, 0.6) is 0 Å². The number of nitrogens with one attached hydrogen (secondary N) is 3. The summed E-state index contributed by atoms with van der Waals surface area (Å²) >= 11 is 1.91. The zero-order chi connectivity index (χ0) is 13.7. The van der Waals surface area contributed by atoms with Crippen LogP contribution >= 0.6 is 11.8 Å². The van der Waals surface area contributed by atoms with E-state index in [1.54, 1.807) is 6.33 Å². The van der Waals surface area contributed by atoms with Crippen LogP contribution in [-0.4, -0.2) is 39.5 Å². The molecule has 3 N–H and O–H groups in total. The minimum Gasteiger partial charge on any atom is -0.352 e. The third-order valence-corrected chi connectivity index (χ3v) is 4.27. The summed E-state index contributed by atoms with van der Waals surface area (Å²) in [5.41, 5.74) is 2.10. The van der Waals surface area contributed by atoms with Crippen LogP contribution in [0.25, 0.3) is 0 Å². The molecule has 2 heterocycles. The lowest BCUT2D eigenvalue weighted by Crippen LogP contribution is -2.50. The molecule has 5 nitrogen and oxygen atoms in total. The first-order valence-corrected chi connectivity index (χ1v) is 7.98. The molecular weight excluding hydrogens is 260 g/mol. The van der Waals surface area contributed by atoms with Gasteiger partial charge < -0.3 is 10.3 Å². The number of rotatable bonds is 6. The van der Waals surface area contributed by atoms with E-state index in [0.717, 1.165) is 29.3 Å². The van der Waals surface area contributed by atoms with Crippen molar-refractivity contribution in [2.24, 2.45) is 0 Å². The summed E-state index contributed by atoms with van der Waals surface area (Å²) in [4.78, 5) is 19.5. The van der Waals surface area contributed by atoms with Crippen molar-refractivity contribution in [2.75, 3.05) is 11.5 Å². The van der Waals surface area contributed by atoms with E-state index >= 15 is 0 Å². The normalized spacial score (nSPS) is 19.8. The van der Waals surface area contributed by atoms with Crippen LogP contribution in [0.15, 0.2) is 6.33 Å². The Morgan fingerprint density at radius 3 is 3.32 bits per heavy atom. The summed E-state index contributed by atoms with van der Waals surface area (Å²) in [5.74, 6) is 2.31. The Balaban J connectivity index is 1.78. The maximum Gasteiger partial charge on any atom is 0.237 e. The van der Waals surface area contributed by atoms with Crippen molar-refractivity contribution in [1.29, 1.82) is 0 Å². The third kappa shape index (κ3) is 3.98. The van der Waals surface area contributed by atoms with Crippen molar-refractivity contribution < 1.29 is 4.79 Å². The number of carbonyl (C=O) groups excluding carboxylic acids is 1. The maximum absolute atomic E-state index is 12.2. The number of fused-ring (bicyclic) bond motifs is 1. The summed E-state index contributed by atoms with van der Waals surface area (Å²) in [6, 6.07) is 0.0750. The highest BCUT2D eigenvalue weighted by Gasteiger charge is 2.26. The molecule has 2 rings (SSSR count). The topological polar surface area (TPSA) is 69.8 Å². The van der Waals surface area contributed by atoms with E-state index in [1.807, 2.05) is 11.8 Å². The number of amides is 1. The molecule has 6 heteroatoms. The average molecular weight is 282 g/mol. The van der Waals surface area contributed by atoms with E-state index in [0.29, 0.717) is 13.0 Å². The maximum atomic E-state index is 12.2. The molecule has 0 bridgehead atoms. The lowest BCUT2D eigenvalue weighted by atomic mass is 10.0. The number of hydrogen-bond donors (Lipinski definition) is 3. The van der Waals surface area contributed by atoms with Crippen molar-refractivity contribution in [3.63, 3.8) is 0 Å². The van der Waals surface area contributed by atoms with Crippen LogP contribution in [0.3, 0.4) is 0 Å². The second-order valence-corrected chi connectivity index (χ2v) is 6.25. The first kappa shape index (κ1) is 14.4. The molecule has 0 spiro atoms. The zero-order valence-corrected chi connectivity index (χ0v) is 12.3. The lowest BCUT2D eigenvalue weighted by Gasteiger charge is -2.24. The number of thioether (sulfide) groups is 1. The molecule has 0 saturated heterocycles. The molecule has 0 aromatic carbocycles. The SMILES string of the molecule is CCSCCC(C)NC(=O)C1Cc2nc[nH]c2CN1. The van der Waals surface area contributed by atoms with Crippen molar-refractivity contribution in [1.82, 2.24) is 20.6 Å². The number of H-pyrrole nitrogens is 1. The Bertz CT molecular complexity index is 421. The smallest absolute Gasteiger partial charge is 0.237 e. The van der Waals surface area contributed by atoms with Gasteiger partial charge in [0.1, 0.15) is 0 Å². The molecule has 0 radical (unpaired) electrons. The van der Waals surface area contributed by atoms with Crippen molar-refractivity contribution in [3.05, 3.63) is 17.7 Å². The second kappa shape index (κ2) is 6.96. The Labute approximate surface area is 118 Å². The van der Waals surface area contributed by atoms with Crippen LogP contribution < -0.4 is 10.6 Å². The summed E-state index contributed by atoms with van der Waals surface area (Å²) < 4.78 is 0. The number of nitrogens with zero attached hydrogens (tertiary/aromatic N) is 1. The molecule has 0 aliphatic carbocycles. The van der Waals surface area contributed by atoms with Crippen molar-refractivity contribution in [2.45, 2.75) is 45.3 Å². The molecule has 1 aromatic rings. The number of imidazole rings is 1. The van der Waals surface area contributed by atoms with Crippen LogP contribution in [0.1, 0.15) is 31.7 Å². The zero-order valence-electron chi connectivity index (χ0n) is 11.5. The Morgan fingerprint density at radius 1 is 1.68 bits per heavy atom. The summed E-state index contributed by atoms with van der Waals surface area (Å²) in [6.07, 6.45) is 3.38. The molecule has 106 valence electrons. The lowest BCUT2D eigenvalue weighted by molar-refractivity contribution is -0.124. The Hall–Kier alpha value is -1.01. The number of aromatic nitrogens is 2. The summed E-state index contributed by atoms with van der Waals surface area (Å²) in [6.45, 7) is 4.91. The van der Waals surface area contributed by atoms with Gasteiger partial charge in [0, 0.05) is 19.0 Å². The minimum absolute atomic E-state index is 0.0858. The van der Waals surface area contributed by atoms with Crippen LogP contribution in [0.2, 0.25) is 0 Å². The molecule has 0 saturated carbocycles. The first-order chi connectivity index (χ1) is 9.20. The molecule has 19 heavy (non-hydrogen) atoms. The van der Waals surface area contributed by atoms with E-state index < -0.39 is 0 Å². The van der Waals surface area contributed by atoms with Crippen LogP contribution in [-0.2, 0) is 17.8 Å². The van der Waals surface area contributed by atoms with Gasteiger partial charge in [0.05, 0.1) is 23.8 Å². The monoisotopic (exact) mass is 282 g/mol. The molecule has 2 unspecified atom stereocenters. The minimum atomic E-state index is -0.155. The van der Waals surface area contributed by atoms with Gasteiger partial charge in [0.2, 0.25) is 5.91 Å². The van der Waals surface area contributed by atoms with Gasteiger partial charge in [-0.15, -0.1) is 0 Å². The summed E-state index contributed by atoms with van der Waals surface area (Å²) in [5, 5.41) is 6.32. The highest BCUT2D eigenvalue weighted by atomic mass is 32.2. The van der Waals surface area contributed by atoms with Gasteiger partial charge in [-0.25, -0.2) is 4.98 Å². The van der Waals surface area contributed by atoms with E-state index in [9.17, 15) is 4.79 Å². The molecule has 1 aliphatic heterocycles. The number of carbonyl (C=O) groups is 1. The highest BCUT2D eigenvalue weighted by Crippen LogP contribution is 2.12. The van der Waals surface area contributed by atoms with E-state index in [2.05, 4.69) is 34.4 Å². The molecule has 1 aromatic heterocycles. The Kier molecular flexibility index (Phi) is 5.27. The standard InChI is InChI=1S/C13H22N4OS/c1-3-19-5-4-9(2)17-13(18)11-6-10-12(7-14-11)16-8-15-10/h8-9,11,14H,3-7H2,1-2H3,(H,15,16)(H,17,18). The van der Waals surface area contributed by atoms with Gasteiger partial charge in [0.15, 0.2) is 0 Å². The summed E-state index contributed by atoms with van der Waals surface area (Å²) in [7, 11) is 0. The first-order valence-electron chi connectivity index (χ1n) is 6.83. The molecular formula is C13H22N4OS. The number of hydrogen-bond acceptors (Lipinski definition) is 4. The highest BCUT2D eigenvalue weighted by molar-refractivity contribution is 7.99. The van der Waals surface area contributed by atoms with Crippen molar-refractivity contribution >= 4 is 17.7 Å². The van der Waals surface area contributed by atoms with E-state index in [1.165, 1.54) is 0 Å². The van der Waals surface area contributed by atoms with Crippen molar-refractivity contribution in [3.8, 4) is 0 Å². The molecule has 2 atom stereocenters. The van der Waals surface area contributed by atoms with Gasteiger partial charge in [-0.3, -0.25) is 10.1 Å². The van der Waals surface area contributed by atoms with Crippen LogP contribution in [0.4, 0.5) is 0 Å². The number of aromatic amines is 1. The fourth-order valence-electron chi connectivity index (χ4n) is 2.17. The fourth-order valence-corrected chi connectivity index (χ4v) is 2.98. The van der Waals surface area contributed by atoms with E-state index in [-0.39, 0.29) is 18.0 Å². The predicted molar refractivity (Wildman–Crippen MR) is 78.1 cm³/mol. The largest absolute Gasteiger partial charge is 0.352 e. The van der Waals surface area contributed by atoms with Crippen LogP contribution in [0, 0.1) is 0 Å². The van der Waals surface area contributed by atoms with Gasteiger partial charge in [0.25, 0.3) is 0 Å². The van der Waals surface area contributed by atoms with Gasteiger partial charge in [-0.05, 0) is 24.9 Å². The quantitative estimate of drug-likeness (QED) is 0.683. The molecule has 1 aliphatic rings. The van der Waals surface area contributed by atoms with Gasteiger partial charge in [-0.1, -0.05) is 6.92 Å². The predicted octanol–water partition coefficient (Wildman–Crippen LogP) is 1.07. The average Bonchev–Trinajstić information content (AvgIpc) is 2.86. The molecule has 1 amide bonds. The van der Waals surface area contributed by atoms with Gasteiger partial charge >= 0.3 is 0 Å². The Morgan fingerprint density at radius 2 is 2.53 bits per heavy atom. The third-order valence-electron chi connectivity index (χ3n) is 3.33. The van der Waals surface area contributed by atoms with E-state index in [4.69, 9.17) is 0 Å². The second-order valence-electron chi connectivity index (χ2n) is 4.86. The molecule has 0 fully saturated rings. The fraction of sp³-hybridized carbons (Fsp3) is 0.692. The van der Waals surface area contributed by atoms with Gasteiger partial charge in [-0.2, -0.15) is 11.8 Å².